The average Bonchev–Trinajstić information content (AvgIpc) is 2.47. The third-order valence-corrected chi connectivity index (χ3v) is 3.98. The van der Waals surface area contributed by atoms with E-state index in [9.17, 15) is 14.0 Å². The molecule has 118 valence electrons. The van der Waals surface area contributed by atoms with Gasteiger partial charge in [-0.1, -0.05) is 24.3 Å². The summed E-state index contributed by atoms with van der Waals surface area (Å²) in [4.78, 5) is 27.8. The van der Waals surface area contributed by atoms with Crippen LogP contribution in [0.25, 0.3) is 6.08 Å². The molecule has 0 aromatic heterocycles. The van der Waals surface area contributed by atoms with E-state index in [0.29, 0.717) is 13.1 Å². The fourth-order valence-corrected chi connectivity index (χ4v) is 2.63. The van der Waals surface area contributed by atoms with Gasteiger partial charge in [-0.25, -0.2) is 4.39 Å². The number of amides is 2. The number of hydrogen-bond donors (Lipinski definition) is 0. The molecule has 2 amide bonds. The van der Waals surface area contributed by atoms with Crippen LogP contribution in [0.15, 0.2) is 30.3 Å². The minimum Gasteiger partial charge on any atom is -0.342 e. The lowest BCUT2D eigenvalue weighted by Crippen LogP contribution is -2.63. The van der Waals surface area contributed by atoms with E-state index in [2.05, 4.69) is 0 Å². The van der Waals surface area contributed by atoms with E-state index in [0.717, 1.165) is 5.56 Å². The van der Waals surface area contributed by atoms with Crippen LogP contribution < -0.4 is 0 Å². The Morgan fingerprint density at radius 2 is 1.91 bits per heavy atom. The molecule has 5 heteroatoms. The van der Waals surface area contributed by atoms with Gasteiger partial charge in [-0.2, -0.15) is 0 Å². The highest BCUT2D eigenvalue weighted by atomic mass is 19.1. The molecule has 0 aliphatic carbocycles. The molecule has 1 aromatic carbocycles. The first kappa shape index (κ1) is 16.2. The molecule has 0 atom stereocenters. The van der Waals surface area contributed by atoms with E-state index < -0.39 is 5.54 Å². The summed E-state index contributed by atoms with van der Waals surface area (Å²) in [5, 5.41) is 0. The Hall–Kier alpha value is -2.17. The summed E-state index contributed by atoms with van der Waals surface area (Å²) in [5.74, 6) is -0.412. The molecule has 0 N–H and O–H groups in total. The summed E-state index contributed by atoms with van der Waals surface area (Å²) in [5.41, 5.74) is 0.0243. The zero-order chi connectivity index (χ0) is 16.3. The van der Waals surface area contributed by atoms with Crippen LogP contribution in [-0.2, 0) is 9.59 Å². The van der Waals surface area contributed by atoms with Crippen LogP contribution in [0.1, 0.15) is 25.8 Å². The Kier molecular flexibility index (Phi) is 4.64. The molecule has 22 heavy (non-hydrogen) atoms. The van der Waals surface area contributed by atoms with Crippen molar-refractivity contribution in [1.82, 2.24) is 9.80 Å². The molecule has 1 aliphatic rings. The number of hydrogen-bond acceptors (Lipinski definition) is 2. The topological polar surface area (TPSA) is 40.6 Å². The third kappa shape index (κ3) is 3.35. The highest BCUT2D eigenvalue weighted by Gasteiger charge is 2.42. The van der Waals surface area contributed by atoms with Gasteiger partial charge in [-0.15, -0.1) is 0 Å². The van der Waals surface area contributed by atoms with Crippen LogP contribution in [0.4, 0.5) is 4.39 Å². The van der Waals surface area contributed by atoms with Crippen molar-refractivity contribution in [2.75, 3.05) is 20.1 Å². The molecule has 0 radical (unpaired) electrons. The van der Waals surface area contributed by atoms with E-state index in [1.54, 1.807) is 55.0 Å². The van der Waals surface area contributed by atoms with Crippen LogP contribution in [0, 0.1) is 5.82 Å². The smallest absolute Gasteiger partial charge is 0.247 e. The van der Waals surface area contributed by atoms with Crippen LogP contribution in [0.2, 0.25) is 0 Å². The first-order valence-corrected chi connectivity index (χ1v) is 7.30. The number of halogens is 1. The number of likely N-dealkylation sites (N-methyl/N-ethyl adjacent to an activating group) is 1. The van der Waals surface area contributed by atoms with E-state index in [4.69, 9.17) is 0 Å². The molecule has 1 fully saturated rings. The van der Waals surface area contributed by atoms with Gasteiger partial charge in [0.15, 0.2) is 0 Å². The summed E-state index contributed by atoms with van der Waals surface area (Å²) < 4.78 is 12.8. The molecular formula is C17H21FN2O2. The Labute approximate surface area is 130 Å². The summed E-state index contributed by atoms with van der Waals surface area (Å²) in [6, 6.07) is 6.06. The Balaban J connectivity index is 2.00. The lowest BCUT2D eigenvalue weighted by molar-refractivity contribution is -0.156. The van der Waals surface area contributed by atoms with Crippen molar-refractivity contribution in [3.8, 4) is 0 Å². The van der Waals surface area contributed by atoms with Crippen molar-refractivity contribution in [3.05, 3.63) is 41.7 Å². The van der Waals surface area contributed by atoms with Gasteiger partial charge in [0.2, 0.25) is 11.8 Å². The molecular weight excluding hydrogens is 283 g/mol. The van der Waals surface area contributed by atoms with Crippen molar-refractivity contribution in [3.63, 3.8) is 0 Å². The molecule has 0 saturated carbocycles. The van der Waals surface area contributed by atoms with Crippen molar-refractivity contribution >= 4 is 17.9 Å². The van der Waals surface area contributed by atoms with Gasteiger partial charge in [-0.05, 0) is 31.5 Å². The summed E-state index contributed by atoms with van der Waals surface area (Å²) >= 11 is 0. The molecule has 1 aliphatic heterocycles. The van der Waals surface area contributed by atoms with E-state index in [1.807, 2.05) is 0 Å². The lowest BCUT2D eigenvalue weighted by atomic mass is 9.97. The van der Waals surface area contributed by atoms with Crippen LogP contribution in [-0.4, -0.2) is 47.3 Å². The second kappa shape index (κ2) is 6.30. The maximum absolute atomic E-state index is 12.8. The minimum absolute atomic E-state index is 0.0467. The quantitative estimate of drug-likeness (QED) is 0.860. The minimum atomic E-state index is -0.812. The van der Waals surface area contributed by atoms with Crippen molar-refractivity contribution in [1.29, 1.82) is 0 Å². The first-order valence-electron chi connectivity index (χ1n) is 7.30. The number of rotatable bonds is 3. The molecule has 4 nitrogen and oxygen atoms in total. The van der Waals surface area contributed by atoms with Crippen molar-refractivity contribution in [2.24, 2.45) is 0 Å². The molecule has 1 aromatic rings. The predicted octanol–water partition coefficient (Wildman–Crippen LogP) is 2.31. The fourth-order valence-electron chi connectivity index (χ4n) is 2.63. The van der Waals surface area contributed by atoms with E-state index >= 15 is 0 Å². The molecule has 1 saturated heterocycles. The molecule has 2 rings (SSSR count). The van der Waals surface area contributed by atoms with E-state index in [-0.39, 0.29) is 24.1 Å². The molecule has 1 heterocycles. The van der Waals surface area contributed by atoms with E-state index in [1.165, 1.54) is 12.1 Å². The molecule has 0 bridgehead atoms. The van der Waals surface area contributed by atoms with Gasteiger partial charge in [0.25, 0.3) is 0 Å². The van der Waals surface area contributed by atoms with Crippen molar-refractivity contribution in [2.45, 2.75) is 25.8 Å². The number of nitrogens with zero attached hydrogens (tertiary/aromatic N) is 2. The number of carbonyl (C=O) groups is 2. The predicted molar refractivity (Wildman–Crippen MR) is 83.5 cm³/mol. The van der Waals surface area contributed by atoms with Gasteiger partial charge in [0.1, 0.15) is 11.4 Å². The average molecular weight is 304 g/mol. The molecule has 0 unspecified atom stereocenters. The standard InChI is InChI=1S/C17H21FN2O2/c1-17(2)16(22)19(3)11-12-20(17)15(21)6-4-5-13-7-9-14(18)10-8-13/h4-5,7-10H,6,11-12H2,1-3H3/b5-4+. The van der Waals surface area contributed by atoms with Crippen LogP contribution >= 0.6 is 0 Å². The van der Waals surface area contributed by atoms with Crippen molar-refractivity contribution < 1.29 is 14.0 Å². The van der Waals surface area contributed by atoms with Gasteiger partial charge in [0, 0.05) is 26.6 Å². The van der Waals surface area contributed by atoms with Crippen LogP contribution in [0.5, 0.6) is 0 Å². The summed E-state index contributed by atoms with van der Waals surface area (Å²) in [6.45, 7) is 4.63. The van der Waals surface area contributed by atoms with Gasteiger partial charge < -0.3 is 9.80 Å². The Morgan fingerprint density at radius 3 is 2.55 bits per heavy atom. The number of benzene rings is 1. The van der Waals surface area contributed by atoms with Crippen LogP contribution in [0.3, 0.4) is 0 Å². The third-order valence-electron chi connectivity index (χ3n) is 3.98. The second-order valence-electron chi connectivity index (χ2n) is 5.99. The first-order chi connectivity index (χ1) is 10.3. The highest BCUT2D eigenvalue weighted by Crippen LogP contribution is 2.22. The maximum Gasteiger partial charge on any atom is 0.247 e. The lowest BCUT2D eigenvalue weighted by Gasteiger charge is -2.44. The number of carbonyl (C=O) groups excluding carboxylic acids is 2. The van der Waals surface area contributed by atoms with Gasteiger partial charge >= 0.3 is 0 Å². The summed E-state index contributed by atoms with van der Waals surface area (Å²) in [7, 11) is 1.75. The Morgan fingerprint density at radius 1 is 1.27 bits per heavy atom. The van der Waals surface area contributed by atoms with Gasteiger partial charge in [-0.3, -0.25) is 9.59 Å². The SMILES string of the molecule is CN1CCN(C(=O)C/C=C/c2ccc(F)cc2)C(C)(C)C1=O. The normalized spacial score (nSPS) is 18.1. The molecule has 0 spiro atoms. The summed E-state index contributed by atoms with van der Waals surface area (Å²) in [6.07, 6.45) is 3.74. The Bertz CT molecular complexity index is 593. The highest BCUT2D eigenvalue weighted by molar-refractivity contribution is 5.92. The second-order valence-corrected chi connectivity index (χ2v) is 5.99. The number of piperazine rings is 1. The largest absolute Gasteiger partial charge is 0.342 e. The maximum atomic E-state index is 12.8. The monoisotopic (exact) mass is 304 g/mol. The zero-order valence-corrected chi connectivity index (χ0v) is 13.2. The zero-order valence-electron chi connectivity index (χ0n) is 13.2. The fraction of sp³-hybridized carbons (Fsp3) is 0.412. The van der Waals surface area contributed by atoms with Gasteiger partial charge in [0.05, 0.1) is 0 Å².